The Labute approximate surface area is 342 Å². The molecule has 7 nitrogen and oxygen atoms in total. The van der Waals surface area contributed by atoms with Crippen molar-refractivity contribution in [3.8, 4) is 23.0 Å². The molecule has 10 rings (SSSR count). The second kappa shape index (κ2) is 12.0. The van der Waals surface area contributed by atoms with Crippen LogP contribution in [-0.2, 0) is 16.2 Å². The Balaban J connectivity index is 1.38. The Kier molecular flexibility index (Phi) is 7.64. The number of rotatable bonds is 2. The zero-order valence-electron chi connectivity index (χ0n) is 36.2. The van der Waals surface area contributed by atoms with Gasteiger partial charge in [-0.3, -0.25) is 0 Å². The Hall–Kier alpha value is -5.50. The van der Waals surface area contributed by atoms with Crippen molar-refractivity contribution >= 4 is 68.4 Å². The van der Waals surface area contributed by atoms with E-state index in [1.807, 2.05) is 0 Å². The van der Waals surface area contributed by atoms with E-state index in [1.54, 1.807) is 0 Å². The van der Waals surface area contributed by atoms with Gasteiger partial charge in [-0.15, -0.1) is 0 Å². The van der Waals surface area contributed by atoms with Crippen LogP contribution in [0.3, 0.4) is 0 Å². The highest BCUT2D eigenvalue weighted by molar-refractivity contribution is 7.00. The van der Waals surface area contributed by atoms with Crippen LogP contribution in [0.5, 0.6) is 23.0 Å². The van der Waals surface area contributed by atoms with Crippen molar-refractivity contribution in [2.24, 2.45) is 0 Å². The standard InChI is InChI=1S/C50H53BN2O5/c1-26-16-31(49(8,9)10)17-27(2)43(26)52-35-23-40-39(54-24-55-40)22-34(35)51-42-36(52)20-32(50(11,12)13)21-37(42)53(44-28(3)18-41-46(29(44)4)57-25-56-41)45-33-19-30(48(5,6)7)14-15-38(33)58-47(45)51/h14-23H,24-25H2,1-13H3. The third-order valence-corrected chi connectivity index (χ3v) is 12.7. The van der Waals surface area contributed by atoms with Gasteiger partial charge in [-0.2, -0.15) is 0 Å². The first kappa shape index (κ1) is 36.8. The number of ether oxygens (including phenoxy) is 4. The first-order valence-electron chi connectivity index (χ1n) is 20.6. The smallest absolute Gasteiger partial charge is 0.297 e. The molecule has 0 fully saturated rings. The molecule has 58 heavy (non-hydrogen) atoms. The molecule has 6 aromatic rings. The molecule has 4 aliphatic heterocycles. The Morgan fingerprint density at radius 3 is 1.74 bits per heavy atom. The number of nitrogens with zero attached hydrogens (tertiary/aromatic N) is 2. The van der Waals surface area contributed by atoms with Crippen molar-refractivity contribution in [3.63, 3.8) is 0 Å². The van der Waals surface area contributed by atoms with Crippen LogP contribution in [0.25, 0.3) is 11.0 Å². The second-order valence-corrected chi connectivity index (χ2v) is 19.9. The van der Waals surface area contributed by atoms with Crippen molar-refractivity contribution in [3.05, 3.63) is 99.6 Å². The highest BCUT2D eigenvalue weighted by atomic mass is 16.7. The van der Waals surface area contributed by atoms with Gasteiger partial charge in [0.15, 0.2) is 23.0 Å². The van der Waals surface area contributed by atoms with E-state index < -0.39 is 0 Å². The molecule has 0 unspecified atom stereocenters. The first-order chi connectivity index (χ1) is 27.3. The fourth-order valence-corrected chi connectivity index (χ4v) is 9.68. The third-order valence-electron chi connectivity index (χ3n) is 12.7. The maximum Gasteiger partial charge on any atom is 0.297 e. The van der Waals surface area contributed by atoms with E-state index in [2.05, 4.69) is 160 Å². The zero-order valence-corrected chi connectivity index (χ0v) is 36.2. The summed E-state index contributed by atoms with van der Waals surface area (Å²) in [5.41, 5.74) is 18.9. The summed E-state index contributed by atoms with van der Waals surface area (Å²) in [7, 11) is 0. The van der Waals surface area contributed by atoms with Gasteiger partial charge in [0, 0.05) is 34.1 Å². The summed E-state index contributed by atoms with van der Waals surface area (Å²) in [5.74, 6) is 3.08. The molecule has 0 saturated heterocycles. The lowest BCUT2D eigenvalue weighted by Crippen LogP contribution is -2.61. The van der Waals surface area contributed by atoms with Crippen molar-refractivity contribution < 1.29 is 23.4 Å². The lowest BCUT2D eigenvalue weighted by atomic mass is 9.35. The molecule has 0 atom stereocenters. The molecular formula is C50H53BN2O5. The fraction of sp³-hybridized carbons (Fsp3) is 0.360. The number of furan rings is 1. The van der Waals surface area contributed by atoms with Crippen LogP contribution in [0, 0.1) is 27.7 Å². The summed E-state index contributed by atoms with van der Waals surface area (Å²) in [4.78, 5) is 4.99. The van der Waals surface area contributed by atoms with Crippen LogP contribution in [0.4, 0.5) is 34.1 Å². The zero-order chi connectivity index (χ0) is 41.0. The molecule has 0 spiro atoms. The number of fused-ring (bicyclic) bond motifs is 8. The summed E-state index contributed by atoms with van der Waals surface area (Å²) in [6.07, 6.45) is 0. The monoisotopic (exact) mass is 772 g/mol. The van der Waals surface area contributed by atoms with E-state index in [-0.39, 0.29) is 36.5 Å². The largest absolute Gasteiger partial charge is 0.468 e. The summed E-state index contributed by atoms with van der Waals surface area (Å²) in [6.45, 7) is 29.6. The number of hydrogen-bond acceptors (Lipinski definition) is 7. The minimum atomic E-state index is -0.236. The number of aryl methyl sites for hydroxylation is 3. The minimum Gasteiger partial charge on any atom is -0.468 e. The van der Waals surface area contributed by atoms with Gasteiger partial charge in [0.05, 0.1) is 22.7 Å². The first-order valence-corrected chi connectivity index (χ1v) is 20.6. The lowest BCUT2D eigenvalue weighted by Gasteiger charge is -2.44. The van der Waals surface area contributed by atoms with Crippen LogP contribution < -0.4 is 45.3 Å². The number of benzene rings is 5. The molecule has 0 saturated carbocycles. The second-order valence-electron chi connectivity index (χ2n) is 19.9. The molecule has 4 aliphatic rings. The van der Waals surface area contributed by atoms with Crippen LogP contribution >= 0.6 is 0 Å². The van der Waals surface area contributed by atoms with E-state index in [1.165, 1.54) is 39.0 Å². The van der Waals surface area contributed by atoms with Crippen LogP contribution in [0.15, 0.2) is 65.1 Å². The van der Waals surface area contributed by atoms with Gasteiger partial charge in [-0.25, -0.2) is 0 Å². The molecular weight excluding hydrogens is 719 g/mol. The predicted molar refractivity (Wildman–Crippen MR) is 238 cm³/mol. The van der Waals surface area contributed by atoms with E-state index in [0.717, 1.165) is 84.7 Å². The third kappa shape index (κ3) is 5.25. The normalized spacial score (nSPS) is 15.3. The molecule has 296 valence electrons. The quantitative estimate of drug-likeness (QED) is 0.162. The molecule has 0 radical (unpaired) electrons. The van der Waals surface area contributed by atoms with Crippen LogP contribution in [0.1, 0.15) is 101 Å². The average molecular weight is 773 g/mol. The highest BCUT2D eigenvalue weighted by Gasteiger charge is 2.49. The Morgan fingerprint density at radius 2 is 1.09 bits per heavy atom. The van der Waals surface area contributed by atoms with Crippen molar-refractivity contribution in [2.45, 2.75) is 106 Å². The molecule has 1 aromatic heterocycles. The summed E-state index contributed by atoms with van der Waals surface area (Å²) >= 11 is 0. The lowest BCUT2D eigenvalue weighted by molar-refractivity contribution is 0.173. The SMILES string of the molecule is Cc1cc(C(C)(C)C)cc(C)c1N1c2cc3c(cc2B2c4oc5ccc(C(C)(C)C)cc5c4N(c4c(C)cc5c(c4C)OCO5)c4cc(C(C)(C)C)cc1c42)OCO3. The van der Waals surface area contributed by atoms with E-state index >= 15 is 0 Å². The van der Waals surface area contributed by atoms with Crippen LogP contribution in [-0.4, -0.2) is 20.3 Å². The number of hydrogen-bond donors (Lipinski definition) is 0. The molecule has 0 amide bonds. The van der Waals surface area contributed by atoms with E-state index in [9.17, 15) is 0 Å². The molecule has 0 aliphatic carbocycles. The van der Waals surface area contributed by atoms with Crippen molar-refractivity contribution in [1.29, 1.82) is 0 Å². The Morgan fingerprint density at radius 1 is 0.517 bits per heavy atom. The van der Waals surface area contributed by atoms with Gasteiger partial charge in [0.25, 0.3) is 6.71 Å². The topological polar surface area (TPSA) is 56.5 Å². The summed E-state index contributed by atoms with van der Waals surface area (Å²) < 4.78 is 31.7. The van der Waals surface area contributed by atoms with Gasteiger partial charge in [-0.05, 0) is 125 Å². The van der Waals surface area contributed by atoms with Gasteiger partial charge < -0.3 is 33.2 Å². The average Bonchev–Trinajstić information content (AvgIpc) is 3.89. The van der Waals surface area contributed by atoms with E-state index in [0.29, 0.717) is 0 Å². The van der Waals surface area contributed by atoms with Gasteiger partial charge >= 0.3 is 0 Å². The van der Waals surface area contributed by atoms with Crippen LogP contribution in [0.2, 0.25) is 0 Å². The molecule has 0 bridgehead atoms. The maximum atomic E-state index is 7.26. The van der Waals surface area contributed by atoms with E-state index in [4.69, 9.17) is 23.4 Å². The van der Waals surface area contributed by atoms with Gasteiger partial charge in [0.2, 0.25) is 13.6 Å². The summed E-state index contributed by atoms with van der Waals surface area (Å²) in [5, 5.41) is 1.08. The molecule has 0 N–H and O–H groups in total. The fourth-order valence-electron chi connectivity index (χ4n) is 9.68. The molecule has 5 heterocycles. The molecule has 8 heteroatoms. The minimum absolute atomic E-state index is 0.00164. The van der Waals surface area contributed by atoms with Crippen molar-refractivity contribution in [1.82, 2.24) is 0 Å². The van der Waals surface area contributed by atoms with Crippen molar-refractivity contribution in [2.75, 3.05) is 23.4 Å². The maximum absolute atomic E-state index is 7.26. The summed E-state index contributed by atoms with van der Waals surface area (Å²) in [6, 6.07) is 22.9. The number of anilines is 6. The Bertz CT molecular complexity index is 2740. The molecule has 5 aromatic carbocycles. The van der Waals surface area contributed by atoms with Gasteiger partial charge in [0.1, 0.15) is 5.58 Å². The predicted octanol–water partition coefficient (Wildman–Crippen LogP) is 11.1. The highest BCUT2D eigenvalue weighted by Crippen LogP contribution is 2.54. The van der Waals surface area contributed by atoms with Gasteiger partial charge in [-0.1, -0.05) is 80.5 Å².